The quantitative estimate of drug-likeness (QED) is 0.810. The van der Waals surface area contributed by atoms with Crippen molar-refractivity contribution in [3.8, 4) is 0 Å². The Morgan fingerprint density at radius 2 is 1.95 bits per heavy atom. The largest absolute Gasteiger partial charge is 0.307 e. The van der Waals surface area contributed by atoms with Gasteiger partial charge in [-0.15, -0.1) is 0 Å². The van der Waals surface area contributed by atoms with Gasteiger partial charge in [-0.2, -0.15) is 0 Å². The van der Waals surface area contributed by atoms with Crippen LogP contribution in [-0.4, -0.2) is 31.1 Å². The van der Waals surface area contributed by atoms with Gasteiger partial charge in [0.15, 0.2) is 0 Å². The van der Waals surface area contributed by atoms with E-state index in [4.69, 9.17) is 34.8 Å². The van der Waals surface area contributed by atoms with Crippen LogP contribution < -0.4 is 5.32 Å². The van der Waals surface area contributed by atoms with Crippen LogP contribution in [0.5, 0.6) is 0 Å². The van der Waals surface area contributed by atoms with Gasteiger partial charge >= 0.3 is 0 Å². The summed E-state index contributed by atoms with van der Waals surface area (Å²) in [7, 11) is 2.17. The minimum absolute atomic E-state index is 0.160. The van der Waals surface area contributed by atoms with E-state index in [2.05, 4.69) is 31.1 Å². The molecule has 112 valence electrons. The van der Waals surface area contributed by atoms with Crippen LogP contribution in [-0.2, 0) is 0 Å². The van der Waals surface area contributed by atoms with Gasteiger partial charge in [-0.25, -0.2) is 0 Å². The first-order valence-corrected chi connectivity index (χ1v) is 8.11. The third-order valence-electron chi connectivity index (χ3n) is 4.10. The third-order valence-corrected chi connectivity index (χ3v) is 5.41. The van der Waals surface area contributed by atoms with Crippen LogP contribution in [0, 0.1) is 5.92 Å². The lowest BCUT2D eigenvalue weighted by Gasteiger charge is -2.37. The first kappa shape index (κ1) is 16.4. The van der Waals surface area contributed by atoms with Crippen LogP contribution in [0.25, 0.3) is 0 Å². The number of halogens is 3. The number of likely N-dealkylation sites (tertiary alicyclic amines) is 1. The molecule has 0 aromatic heterocycles. The van der Waals surface area contributed by atoms with Crippen molar-refractivity contribution in [3.05, 3.63) is 32.8 Å². The van der Waals surface area contributed by atoms with Crippen LogP contribution in [0.4, 0.5) is 0 Å². The van der Waals surface area contributed by atoms with Crippen LogP contribution in [0.15, 0.2) is 12.1 Å². The Morgan fingerprint density at radius 3 is 2.60 bits per heavy atom. The highest BCUT2D eigenvalue weighted by Gasteiger charge is 2.26. The van der Waals surface area contributed by atoms with Gasteiger partial charge in [-0.1, -0.05) is 47.8 Å². The van der Waals surface area contributed by atoms with Crippen molar-refractivity contribution in [1.82, 2.24) is 10.2 Å². The Balaban J connectivity index is 2.09. The molecule has 1 aromatic rings. The predicted octanol–water partition coefficient (Wildman–Crippen LogP) is 4.64. The highest BCUT2D eigenvalue weighted by molar-refractivity contribution is 6.48. The number of rotatable bonds is 3. The molecule has 2 nitrogen and oxygen atoms in total. The third kappa shape index (κ3) is 3.61. The van der Waals surface area contributed by atoms with E-state index in [9.17, 15) is 0 Å². The summed E-state index contributed by atoms with van der Waals surface area (Å²) < 4.78 is 0. The monoisotopic (exact) mass is 334 g/mol. The molecule has 0 spiro atoms. The summed E-state index contributed by atoms with van der Waals surface area (Å²) in [5.74, 6) is 0.623. The highest BCUT2D eigenvalue weighted by atomic mass is 35.5. The molecule has 1 fully saturated rings. The summed E-state index contributed by atoms with van der Waals surface area (Å²) in [4.78, 5) is 2.37. The highest BCUT2D eigenvalue weighted by Crippen LogP contribution is 2.35. The van der Waals surface area contributed by atoms with Crippen molar-refractivity contribution in [2.45, 2.75) is 32.4 Å². The molecule has 2 rings (SSSR count). The van der Waals surface area contributed by atoms with E-state index < -0.39 is 0 Å². The molecule has 1 N–H and O–H groups in total. The van der Waals surface area contributed by atoms with E-state index in [1.54, 1.807) is 6.07 Å². The van der Waals surface area contributed by atoms with Crippen molar-refractivity contribution >= 4 is 34.8 Å². The second-order valence-corrected chi connectivity index (χ2v) is 6.95. The molecule has 5 heteroatoms. The summed E-state index contributed by atoms with van der Waals surface area (Å²) in [5, 5.41) is 5.18. The van der Waals surface area contributed by atoms with Gasteiger partial charge in [0.05, 0.1) is 15.1 Å². The van der Waals surface area contributed by atoms with E-state index in [1.165, 1.54) is 0 Å². The molecule has 0 amide bonds. The van der Waals surface area contributed by atoms with E-state index >= 15 is 0 Å². The minimum Gasteiger partial charge on any atom is -0.307 e. The second kappa shape index (κ2) is 6.85. The van der Waals surface area contributed by atoms with Gasteiger partial charge < -0.3 is 10.2 Å². The molecule has 1 aromatic carbocycles. The van der Waals surface area contributed by atoms with Crippen LogP contribution in [0.3, 0.4) is 0 Å². The Hall–Kier alpha value is 0.01000. The SMILES string of the molecule is CC(NC1CCN(C)CC1C)c1ccc(Cl)c(Cl)c1Cl. The first-order chi connectivity index (χ1) is 9.40. The molecular weight excluding hydrogens is 315 g/mol. The van der Waals surface area contributed by atoms with Crippen molar-refractivity contribution in [2.75, 3.05) is 20.1 Å². The number of piperidine rings is 1. The number of benzene rings is 1. The van der Waals surface area contributed by atoms with E-state index in [1.807, 2.05) is 6.07 Å². The molecule has 3 atom stereocenters. The Bertz CT molecular complexity index is 478. The first-order valence-electron chi connectivity index (χ1n) is 6.98. The zero-order valence-corrected chi connectivity index (χ0v) is 14.4. The molecule has 0 radical (unpaired) electrons. The van der Waals surface area contributed by atoms with Crippen molar-refractivity contribution < 1.29 is 0 Å². The maximum absolute atomic E-state index is 6.31. The summed E-state index contributed by atoms with van der Waals surface area (Å²) in [6.07, 6.45) is 1.15. The van der Waals surface area contributed by atoms with Gasteiger partial charge in [0, 0.05) is 18.6 Å². The van der Waals surface area contributed by atoms with Crippen LogP contribution in [0.2, 0.25) is 15.1 Å². The number of nitrogens with one attached hydrogen (secondary N) is 1. The van der Waals surface area contributed by atoms with Gasteiger partial charge in [0.25, 0.3) is 0 Å². The average Bonchev–Trinajstić information content (AvgIpc) is 2.39. The van der Waals surface area contributed by atoms with Crippen molar-refractivity contribution in [1.29, 1.82) is 0 Å². The zero-order valence-electron chi connectivity index (χ0n) is 12.1. The number of nitrogens with zero attached hydrogens (tertiary/aromatic N) is 1. The Kier molecular flexibility index (Phi) is 5.61. The van der Waals surface area contributed by atoms with Gasteiger partial charge in [-0.3, -0.25) is 0 Å². The van der Waals surface area contributed by atoms with Crippen molar-refractivity contribution in [2.24, 2.45) is 5.92 Å². The Labute approximate surface area is 136 Å². The molecule has 1 aliphatic heterocycles. The fourth-order valence-electron chi connectivity index (χ4n) is 2.89. The smallest absolute Gasteiger partial charge is 0.0781 e. The number of hydrogen-bond acceptors (Lipinski definition) is 2. The standard InChI is InChI=1S/C15H21Cl3N2/c1-9-8-20(3)7-6-13(9)19-10(2)11-4-5-12(16)15(18)14(11)17/h4-5,9-10,13,19H,6-8H2,1-3H3. The average molecular weight is 336 g/mol. The number of hydrogen-bond donors (Lipinski definition) is 1. The molecule has 20 heavy (non-hydrogen) atoms. The van der Waals surface area contributed by atoms with Gasteiger partial charge in [-0.05, 0) is 44.5 Å². The molecule has 1 aliphatic rings. The predicted molar refractivity (Wildman–Crippen MR) is 88.1 cm³/mol. The lowest BCUT2D eigenvalue weighted by atomic mass is 9.93. The van der Waals surface area contributed by atoms with Crippen LogP contribution >= 0.6 is 34.8 Å². The maximum Gasteiger partial charge on any atom is 0.0781 e. The Morgan fingerprint density at radius 1 is 1.25 bits per heavy atom. The molecule has 3 unspecified atom stereocenters. The summed E-state index contributed by atoms with van der Waals surface area (Å²) in [6, 6.07) is 4.43. The molecule has 1 saturated heterocycles. The molecule has 1 heterocycles. The van der Waals surface area contributed by atoms with E-state index in [0.717, 1.165) is 25.1 Å². The molecule has 0 bridgehead atoms. The summed E-state index contributed by atoms with van der Waals surface area (Å²) >= 11 is 18.4. The maximum atomic E-state index is 6.31. The van der Waals surface area contributed by atoms with E-state index in [0.29, 0.717) is 27.0 Å². The van der Waals surface area contributed by atoms with Gasteiger partial charge in [0.2, 0.25) is 0 Å². The molecule has 0 aliphatic carbocycles. The van der Waals surface area contributed by atoms with Crippen LogP contribution in [0.1, 0.15) is 31.9 Å². The second-order valence-electron chi connectivity index (χ2n) is 5.79. The molecular formula is C15H21Cl3N2. The van der Waals surface area contributed by atoms with E-state index in [-0.39, 0.29) is 6.04 Å². The molecule has 0 saturated carbocycles. The zero-order chi connectivity index (χ0) is 14.9. The van der Waals surface area contributed by atoms with Gasteiger partial charge in [0.1, 0.15) is 0 Å². The normalized spacial score (nSPS) is 25.7. The minimum atomic E-state index is 0.160. The fraction of sp³-hybridized carbons (Fsp3) is 0.600. The lowest BCUT2D eigenvalue weighted by molar-refractivity contribution is 0.168. The summed E-state index contributed by atoms with van der Waals surface area (Å²) in [5.41, 5.74) is 1.01. The van der Waals surface area contributed by atoms with Crippen molar-refractivity contribution in [3.63, 3.8) is 0 Å². The fourth-order valence-corrected chi connectivity index (χ4v) is 3.59. The summed E-state index contributed by atoms with van der Waals surface area (Å²) in [6.45, 7) is 6.66. The topological polar surface area (TPSA) is 15.3 Å². The lowest BCUT2D eigenvalue weighted by Crippen LogP contribution is -2.47.